The third kappa shape index (κ3) is 8.53. The lowest BCUT2D eigenvalue weighted by Crippen LogP contribution is -2.53. The van der Waals surface area contributed by atoms with Gasteiger partial charge in [0, 0.05) is 27.6 Å². The maximum atomic E-state index is 12.0. The number of aliphatic carboxylic acids is 2. The summed E-state index contributed by atoms with van der Waals surface area (Å²) in [6, 6.07) is -2.06. The van der Waals surface area contributed by atoms with E-state index in [1.807, 2.05) is 0 Å². The van der Waals surface area contributed by atoms with E-state index >= 15 is 0 Å². The minimum absolute atomic E-state index is 0.732. The molecule has 0 aromatic carbocycles. The van der Waals surface area contributed by atoms with Gasteiger partial charge in [-0.1, -0.05) is 21.6 Å². The van der Waals surface area contributed by atoms with Gasteiger partial charge in [-0.15, -0.1) is 0 Å². The van der Waals surface area contributed by atoms with Crippen molar-refractivity contribution in [3.63, 3.8) is 0 Å². The highest BCUT2D eigenvalue weighted by molar-refractivity contribution is 14.1. The number of rotatable bonds is 9. The molecule has 0 saturated carbocycles. The molecule has 1 amide bonds. The van der Waals surface area contributed by atoms with Crippen LogP contribution in [0.5, 0.6) is 0 Å². The van der Waals surface area contributed by atoms with Crippen LogP contribution in [0.2, 0.25) is 0 Å². The summed E-state index contributed by atoms with van der Waals surface area (Å²) >= 11 is 1.78. The van der Waals surface area contributed by atoms with Crippen molar-refractivity contribution in [2.75, 3.05) is 0 Å². The number of hydrogen-bond acceptors (Lipinski definition) is 7. The Morgan fingerprint density at radius 3 is 1.58 bits per heavy atom. The van der Waals surface area contributed by atoms with Gasteiger partial charge in [-0.3, -0.25) is 4.79 Å². The van der Waals surface area contributed by atoms with E-state index in [-0.39, 0.29) is 0 Å². The van der Waals surface area contributed by atoms with Gasteiger partial charge in [0.2, 0.25) is 0 Å². The molecule has 0 saturated heterocycles. The van der Waals surface area contributed by atoms with Crippen molar-refractivity contribution < 1.29 is 29.3 Å². The second-order valence-corrected chi connectivity index (χ2v) is 11.7. The molecule has 4 N–H and O–H groups in total. The standard InChI is InChI=1S/C15H27IN2O6S2/c1-13(2,3)24-12(23)17-8(10(19)20)14(4,5)25-26-15(6,7)9(18-16)11(21)22/h8-9,18H,1-7H3,(H,17,23)(H,19,20)(H,21,22)/t8-,9?/m1/s1. The quantitative estimate of drug-likeness (QED) is 0.205. The Morgan fingerprint density at radius 1 is 0.885 bits per heavy atom. The Labute approximate surface area is 175 Å². The van der Waals surface area contributed by atoms with Gasteiger partial charge in [0.05, 0.1) is 4.75 Å². The number of ether oxygens (including phenoxy) is 1. The monoisotopic (exact) mass is 522 g/mol. The van der Waals surface area contributed by atoms with Gasteiger partial charge < -0.3 is 20.3 Å². The Hall–Kier alpha value is -0.400. The average Bonchev–Trinajstić information content (AvgIpc) is 2.40. The Bertz CT molecular complexity index is 537. The Morgan fingerprint density at radius 2 is 1.27 bits per heavy atom. The number of carboxylic acid groups (broad SMARTS) is 2. The molecular formula is C15H27IN2O6S2. The predicted octanol–water partition coefficient (Wildman–Crippen LogP) is 3.30. The molecule has 0 bridgehead atoms. The minimum Gasteiger partial charge on any atom is -0.480 e. The molecule has 0 aliphatic heterocycles. The van der Waals surface area contributed by atoms with Gasteiger partial charge in [-0.2, -0.15) is 0 Å². The zero-order valence-electron chi connectivity index (χ0n) is 15.9. The van der Waals surface area contributed by atoms with Crippen molar-refractivity contribution in [2.45, 2.75) is 75.6 Å². The molecule has 1 unspecified atom stereocenters. The van der Waals surface area contributed by atoms with E-state index in [0.717, 1.165) is 0 Å². The van der Waals surface area contributed by atoms with Crippen molar-refractivity contribution in [3.8, 4) is 0 Å². The fourth-order valence-corrected chi connectivity index (χ4v) is 5.81. The second kappa shape index (κ2) is 9.69. The molecule has 0 aliphatic carbocycles. The zero-order valence-corrected chi connectivity index (χ0v) is 19.7. The molecule has 11 heteroatoms. The number of nitrogens with one attached hydrogen (secondary N) is 2. The highest BCUT2D eigenvalue weighted by Gasteiger charge is 2.42. The molecule has 0 aliphatic rings. The molecule has 0 fully saturated rings. The summed E-state index contributed by atoms with van der Waals surface area (Å²) in [7, 11) is 2.45. The van der Waals surface area contributed by atoms with E-state index < -0.39 is 45.2 Å². The van der Waals surface area contributed by atoms with Crippen molar-refractivity contribution >= 4 is 62.5 Å². The van der Waals surface area contributed by atoms with Crippen molar-refractivity contribution in [2.24, 2.45) is 0 Å². The van der Waals surface area contributed by atoms with Gasteiger partial charge in [0.1, 0.15) is 17.7 Å². The Kier molecular flexibility index (Phi) is 9.54. The maximum absolute atomic E-state index is 12.0. The number of amides is 1. The van der Waals surface area contributed by atoms with Gasteiger partial charge >= 0.3 is 18.0 Å². The maximum Gasteiger partial charge on any atom is 0.408 e. The van der Waals surface area contributed by atoms with Gasteiger partial charge in [-0.05, 0) is 48.5 Å². The topological polar surface area (TPSA) is 125 Å². The first-order chi connectivity index (χ1) is 11.5. The number of alkyl carbamates (subject to hydrolysis) is 1. The minimum atomic E-state index is -1.22. The number of hydrogen-bond donors (Lipinski definition) is 4. The van der Waals surface area contributed by atoms with E-state index in [1.54, 1.807) is 71.3 Å². The summed E-state index contributed by atoms with van der Waals surface area (Å²) in [5.74, 6) is -2.20. The summed E-state index contributed by atoms with van der Waals surface area (Å²) in [5, 5.41) is 21.2. The van der Waals surface area contributed by atoms with E-state index in [2.05, 4.69) is 8.85 Å². The lowest BCUT2D eigenvalue weighted by molar-refractivity contribution is -0.140. The first-order valence-corrected chi connectivity index (χ1v) is 10.9. The smallest absolute Gasteiger partial charge is 0.408 e. The SMILES string of the molecule is CC(C)(C)OC(=O)N[C@H](C(=O)O)C(C)(C)SSC(C)(C)C(NI)C(=O)O. The van der Waals surface area contributed by atoms with E-state index in [1.165, 1.54) is 21.6 Å². The lowest BCUT2D eigenvalue weighted by Gasteiger charge is -2.36. The van der Waals surface area contributed by atoms with Crippen LogP contribution in [0.4, 0.5) is 4.79 Å². The van der Waals surface area contributed by atoms with Crippen molar-refractivity contribution in [1.29, 1.82) is 0 Å². The molecule has 2 atom stereocenters. The summed E-state index contributed by atoms with van der Waals surface area (Å²) < 4.78 is 6.18. The van der Waals surface area contributed by atoms with Crippen LogP contribution in [0.15, 0.2) is 0 Å². The van der Waals surface area contributed by atoms with Crippen LogP contribution < -0.4 is 8.85 Å². The van der Waals surface area contributed by atoms with Crippen LogP contribution in [0.25, 0.3) is 0 Å². The van der Waals surface area contributed by atoms with Crippen LogP contribution >= 0.6 is 44.5 Å². The fourth-order valence-electron chi connectivity index (χ4n) is 1.74. The molecule has 0 spiro atoms. The number of halogens is 1. The molecule has 0 heterocycles. The van der Waals surface area contributed by atoms with Crippen LogP contribution in [0.1, 0.15) is 48.5 Å². The molecule has 152 valence electrons. The summed E-state index contributed by atoms with van der Waals surface area (Å²) in [6.07, 6.45) is -0.819. The summed E-state index contributed by atoms with van der Waals surface area (Å²) in [6.45, 7) is 11.9. The van der Waals surface area contributed by atoms with Crippen LogP contribution in [0, 0.1) is 0 Å². The van der Waals surface area contributed by atoms with Crippen LogP contribution in [-0.4, -0.2) is 55.4 Å². The van der Waals surface area contributed by atoms with Gasteiger partial charge in [-0.25, -0.2) is 13.1 Å². The third-order valence-corrected chi connectivity index (χ3v) is 7.99. The fraction of sp³-hybridized carbons (Fsp3) is 0.800. The van der Waals surface area contributed by atoms with Crippen molar-refractivity contribution in [1.82, 2.24) is 8.85 Å². The molecule has 0 aromatic heterocycles. The predicted molar refractivity (Wildman–Crippen MR) is 113 cm³/mol. The summed E-state index contributed by atoms with van der Waals surface area (Å²) in [5.41, 5.74) is -0.748. The molecule has 8 nitrogen and oxygen atoms in total. The van der Waals surface area contributed by atoms with Crippen molar-refractivity contribution in [3.05, 3.63) is 0 Å². The second-order valence-electron chi connectivity index (χ2n) is 7.67. The molecule has 26 heavy (non-hydrogen) atoms. The van der Waals surface area contributed by atoms with Crippen LogP contribution in [0.3, 0.4) is 0 Å². The first-order valence-electron chi connectivity index (χ1n) is 7.71. The Balaban J connectivity index is 5.19. The third-order valence-electron chi connectivity index (χ3n) is 3.13. The highest BCUT2D eigenvalue weighted by Crippen LogP contribution is 2.46. The van der Waals surface area contributed by atoms with Gasteiger partial charge in [0.25, 0.3) is 0 Å². The number of carbonyl (C=O) groups is 3. The van der Waals surface area contributed by atoms with E-state index in [4.69, 9.17) is 4.74 Å². The average molecular weight is 522 g/mol. The highest BCUT2D eigenvalue weighted by atomic mass is 127. The number of carboxylic acids is 2. The lowest BCUT2D eigenvalue weighted by atomic mass is 10.0. The first kappa shape index (κ1) is 25.6. The molecule has 0 radical (unpaired) electrons. The molecule has 0 rings (SSSR count). The number of carbonyl (C=O) groups excluding carboxylic acids is 1. The van der Waals surface area contributed by atoms with Crippen LogP contribution in [-0.2, 0) is 14.3 Å². The van der Waals surface area contributed by atoms with E-state index in [9.17, 15) is 24.6 Å². The molecule has 0 aromatic rings. The zero-order chi connectivity index (χ0) is 20.9. The molecular weight excluding hydrogens is 495 g/mol. The van der Waals surface area contributed by atoms with Gasteiger partial charge in [0.15, 0.2) is 0 Å². The van der Waals surface area contributed by atoms with E-state index in [0.29, 0.717) is 0 Å². The normalized spacial score (nSPS) is 15.1. The summed E-state index contributed by atoms with van der Waals surface area (Å²) in [4.78, 5) is 35.0. The largest absolute Gasteiger partial charge is 0.480 e.